The quantitative estimate of drug-likeness (QED) is 0.838. The Morgan fingerprint density at radius 1 is 1.10 bits per heavy atom. The molecule has 7 rings (SSSR count). The maximum absolute atomic E-state index is 13.1. The molecular formula is C24H31N3O2. The first-order valence-corrected chi connectivity index (χ1v) is 11.4. The number of aromatic amines is 1. The van der Waals surface area contributed by atoms with Crippen LogP contribution in [0.3, 0.4) is 0 Å². The molecule has 5 aliphatic rings. The minimum absolute atomic E-state index is 0.119. The first kappa shape index (κ1) is 18.0. The van der Waals surface area contributed by atoms with Crippen LogP contribution in [0.25, 0.3) is 10.9 Å². The molecule has 1 aliphatic heterocycles. The van der Waals surface area contributed by atoms with Crippen LogP contribution in [-0.2, 0) is 16.1 Å². The first-order valence-electron chi connectivity index (χ1n) is 11.4. The van der Waals surface area contributed by atoms with E-state index < -0.39 is 0 Å². The lowest BCUT2D eigenvalue weighted by atomic mass is 9.54. The van der Waals surface area contributed by atoms with E-state index in [1.54, 1.807) is 0 Å². The number of ether oxygens (including phenoxy) is 1. The zero-order chi connectivity index (χ0) is 19.4. The topological polar surface area (TPSA) is 57.4 Å². The first-order chi connectivity index (χ1) is 14.2. The lowest BCUT2D eigenvalue weighted by molar-refractivity contribution is -0.142. The Labute approximate surface area is 172 Å². The molecule has 1 atom stereocenters. The molecule has 2 heterocycles. The summed E-state index contributed by atoms with van der Waals surface area (Å²) >= 11 is 0. The number of carbonyl (C=O) groups is 1. The minimum atomic E-state index is -0.336. The molecule has 0 spiro atoms. The third kappa shape index (κ3) is 3.38. The van der Waals surface area contributed by atoms with Gasteiger partial charge in [-0.2, -0.15) is 0 Å². The summed E-state index contributed by atoms with van der Waals surface area (Å²) in [5.74, 6) is 3.41. The van der Waals surface area contributed by atoms with Gasteiger partial charge in [0.1, 0.15) is 6.10 Å². The third-order valence-electron chi connectivity index (χ3n) is 8.00. The van der Waals surface area contributed by atoms with Crippen LogP contribution >= 0.6 is 0 Å². The lowest BCUT2D eigenvalue weighted by Crippen LogP contribution is -2.59. The van der Waals surface area contributed by atoms with Gasteiger partial charge in [-0.15, -0.1) is 0 Å². The molecule has 1 amide bonds. The Bertz CT molecular complexity index is 878. The lowest BCUT2D eigenvalue weighted by Gasteiger charge is -2.54. The maximum Gasteiger partial charge on any atom is 0.250 e. The number of carbonyl (C=O) groups excluding carboxylic acids is 1. The van der Waals surface area contributed by atoms with Crippen molar-refractivity contribution in [2.24, 2.45) is 23.7 Å². The third-order valence-corrected chi connectivity index (χ3v) is 8.00. The largest absolute Gasteiger partial charge is 0.366 e. The summed E-state index contributed by atoms with van der Waals surface area (Å²) in [5.41, 5.74) is 2.46. The molecule has 29 heavy (non-hydrogen) atoms. The Morgan fingerprint density at radius 3 is 2.69 bits per heavy atom. The fourth-order valence-corrected chi connectivity index (χ4v) is 6.88. The van der Waals surface area contributed by atoms with Crippen molar-refractivity contribution in [3.63, 3.8) is 0 Å². The fourth-order valence-electron chi connectivity index (χ4n) is 6.88. The summed E-state index contributed by atoms with van der Waals surface area (Å²) in [6, 6.07) is 9.06. The molecule has 4 saturated carbocycles. The Balaban J connectivity index is 1.09. The smallest absolute Gasteiger partial charge is 0.250 e. The van der Waals surface area contributed by atoms with Gasteiger partial charge in [0.15, 0.2) is 0 Å². The molecule has 2 N–H and O–H groups in total. The number of hydrogen-bond donors (Lipinski definition) is 2. The van der Waals surface area contributed by atoms with Gasteiger partial charge in [-0.1, -0.05) is 6.07 Å². The molecule has 5 heteroatoms. The van der Waals surface area contributed by atoms with Gasteiger partial charge in [0.2, 0.25) is 0 Å². The van der Waals surface area contributed by atoms with Crippen LogP contribution in [-0.4, -0.2) is 47.6 Å². The van der Waals surface area contributed by atoms with Crippen molar-refractivity contribution < 1.29 is 9.53 Å². The number of nitrogens with one attached hydrogen (secondary N) is 2. The van der Waals surface area contributed by atoms with Gasteiger partial charge in [0, 0.05) is 37.4 Å². The van der Waals surface area contributed by atoms with Crippen LogP contribution in [0.1, 0.15) is 37.7 Å². The van der Waals surface area contributed by atoms with Gasteiger partial charge in [0.25, 0.3) is 5.91 Å². The van der Waals surface area contributed by atoms with E-state index in [1.165, 1.54) is 48.6 Å². The summed E-state index contributed by atoms with van der Waals surface area (Å²) in [4.78, 5) is 18.7. The number of benzene rings is 1. The van der Waals surface area contributed by atoms with E-state index in [4.69, 9.17) is 4.74 Å². The molecule has 1 saturated heterocycles. The van der Waals surface area contributed by atoms with E-state index in [-0.39, 0.29) is 12.0 Å². The molecule has 5 fully saturated rings. The van der Waals surface area contributed by atoms with Gasteiger partial charge >= 0.3 is 0 Å². The molecule has 4 bridgehead atoms. The van der Waals surface area contributed by atoms with E-state index >= 15 is 0 Å². The molecule has 154 valence electrons. The Kier molecular flexibility index (Phi) is 4.42. The highest BCUT2D eigenvalue weighted by Crippen LogP contribution is 2.53. The van der Waals surface area contributed by atoms with E-state index in [2.05, 4.69) is 39.5 Å². The summed E-state index contributed by atoms with van der Waals surface area (Å²) in [7, 11) is 0. The van der Waals surface area contributed by atoms with Crippen LogP contribution in [0, 0.1) is 23.7 Å². The Morgan fingerprint density at radius 2 is 1.90 bits per heavy atom. The summed E-state index contributed by atoms with van der Waals surface area (Å²) in [6.07, 6.45) is 8.41. The fraction of sp³-hybridized carbons (Fsp3) is 0.625. The second-order valence-electron chi connectivity index (χ2n) is 9.96. The van der Waals surface area contributed by atoms with Gasteiger partial charge in [-0.25, -0.2) is 0 Å². The number of H-pyrrole nitrogens is 1. The van der Waals surface area contributed by atoms with Gasteiger partial charge < -0.3 is 15.0 Å². The van der Waals surface area contributed by atoms with Crippen LogP contribution < -0.4 is 5.32 Å². The highest BCUT2D eigenvalue weighted by molar-refractivity contribution is 5.81. The van der Waals surface area contributed by atoms with Crippen molar-refractivity contribution in [1.82, 2.24) is 15.2 Å². The number of amides is 1. The minimum Gasteiger partial charge on any atom is -0.366 e. The molecule has 1 aromatic heterocycles. The van der Waals surface area contributed by atoms with E-state index in [1.807, 2.05) is 6.20 Å². The predicted octanol–water partition coefficient (Wildman–Crippen LogP) is 3.31. The summed E-state index contributed by atoms with van der Waals surface area (Å²) < 4.78 is 5.90. The normalized spacial score (nSPS) is 36.6. The van der Waals surface area contributed by atoms with Crippen LogP contribution in [0.4, 0.5) is 0 Å². The number of morpholine rings is 1. The average Bonchev–Trinajstić information content (AvgIpc) is 3.18. The number of aromatic nitrogens is 1. The average molecular weight is 394 g/mol. The van der Waals surface area contributed by atoms with Crippen molar-refractivity contribution in [3.8, 4) is 0 Å². The van der Waals surface area contributed by atoms with Crippen molar-refractivity contribution in [2.75, 3.05) is 19.7 Å². The molecule has 4 aliphatic carbocycles. The zero-order valence-corrected chi connectivity index (χ0v) is 17.0. The number of rotatable bonds is 4. The standard InChI is InChI=1S/C24H31N3O2/c28-24(26-23-19-9-16-7-17(11-19)12-20(23)10-16)22-14-27(5-6-29-22)13-15-1-2-21-18(8-15)3-4-25-21/h1-4,8,16-17,19-20,22-23,25H,5-7,9-14H2,(H,26,28). The SMILES string of the molecule is O=C(NC1C2CC3CC(C2)CC1C3)C1CN(Cc2ccc3[nH]ccc3c2)CCO1. The summed E-state index contributed by atoms with van der Waals surface area (Å²) in [6.45, 7) is 3.07. The number of nitrogens with zero attached hydrogens (tertiary/aromatic N) is 1. The molecule has 0 radical (unpaired) electrons. The predicted molar refractivity (Wildman–Crippen MR) is 112 cm³/mol. The number of hydrogen-bond acceptors (Lipinski definition) is 3. The van der Waals surface area contributed by atoms with E-state index in [0.717, 1.165) is 24.9 Å². The molecular weight excluding hydrogens is 362 g/mol. The van der Waals surface area contributed by atoms with Crippen molar-refractivity contribution in [1.29, 1.82) is 0 Å². The highest BCUT2D eigenvalue weighted by Gasteiger charge is 2.49. The van der Waals surface area contributed by atoms with Crippen molar-refractivity contribution in [3.05, 3.63) is 36.0 Å². The Hall–Kier alpha value is -1.85. The monoisotopic (exact) mass is 393 g/mol. The molecule has 5 nitrogen and oxygen atoms in total. The highest BCUT2D eigenvalue weighted by atomic mass is 16.5. The second kappa shape index (κ2) is 7.13. The second-order valence-corrected chi connectivity index (χ2v) is 9.96. The van der Waals surface area contributed by atoms with Crippen LogP contribution in [0.2, 0.25) is 0 Å². The van der Waals surface area contributed by atoms with E-state index in [9.17, 15) is 4.79 Å². The van der Waals surface area contributed by atoms with Gasteiger partial charge in [-0.05, 0) is 84.9 Å². The molecule has 2 aromatic rings. The van der Waals surface area contributed by atoms with Crippen LogP contribution in [0.5, 0.6) is 0 Å². The summed E-state index contributed by atoms with van der Waals surface area (Å²) in [5, 5.41) is 4.68. The zero-order valence-electron chi connectivity index (χ0n) is 17.0. The maximum atomic E-state index is 13.1. The number of fused-ring (bicyclic) bond motifs is 1. The molecule has 1 aromatic carbocycles. The molecule has 1 unspecified atom stereocenters. The van der Waals surface area contributed by atoms with E-state index in [0.29, 0.717) is 31.0 Å². The van der Waals surface area contributed by atoms with Gasteiger partial charge in [-0.3, -0.25) is 9.69 Å². The van der Waals surface area contributed by atoms with Gasteiger partial charge in [0.05, 0.1) is 6.61 Å². The van der Waals surface area contributed by atoms with Crippen molar-refractivity contribution in [2.45, 2.75) is 50.8 Å². The van der Waals surface area contributed by atoms with Crippen molar-refractivity contribution >= 4 is 16.8 Å². The van der Waals surface area contributed by atoms with Crippen LogP contribution in [0.15, 0.2) is 30.5 Å².